The van der Waals surface area contributed by atoms with Crippen molar-refractivity contribution in [2.75, 3.05) is 19.8 Å². The molecule has 94 valence electrons. The van der Waals surface area contributed by atoms with Gasteiger partial charge in [-0.05, 0) is 32.2 Å². The van der Waals surface area contributed by atoms with Crippen molar-refractivity contribution in [3.63, 3.8) is 0 Å². The second kappa shape index (κ2) is 7.53. The Balaban J connectivity index is 1.92. The SMILES string of the molecule is O=C(OCCCCON(O)O)[C@@H]1CCCN1. The maximum atomic E-state index is 11.4. The number of hydrogen-bond donors (Lipinski definition) is 3. The lowest BCUT2D eigenvalue weighted by Crippen LogP contribution is -2.32. The average molecular weight is 234 g/mol. The molecular formula is C9H18N2O5. The smallest absolute Gasteiger partial charge is 0.323 e. The summed E-state index contributed by atoms with van der Waals surface area (Å²) in [6, 6.07) is -0.151. The molecule has 0 radical (unpaired) electrons. The van der Waals surface area contributed by atoms with Crippen molar-refractivity contribution in [2.24, 2.45) is 0 Å². The van der Waals surface area contributed by atoms with Gasteiger partial charge in [0.15, 0.2) is 0 Å². The molecule has 0 aromatic heterocycles. The van der Waals surface area contributed by atoms with Gasteiger partial charge in [0.1, 0.15) is 6.04 Å². The molecule has 0 amide bonds. The molecule has 7 nitrogen and oxygen atoms in total. The van der Waals surface area contributed by atoms with Crippen LogP contribution in [0.25, 0.3) is 0 Å². The Morgan fingerprint density at radius 2 is 2.12 bits per heavy atom. The molecule has 1 rings (SSSR count). The first-order valence-electron chi connectivity index (χ1n) is 5.41. The van der Waals surface area contributed by atoms with E-state index >= 15 is 0 Å². The van der Waals surface area contributed by atoms with Gasteiger partial charge in [-0.25, -0.2) is 0 Å². The van der Waals surface area contributed by atoms with Crippen LogP contribution < -0.4 is 5.32 Å². The van der Waals surface area contributed by atoms with Crippen molar-refractivity contribution in [2.45, 2.75) is 31.7 Å². The molecule has 1 aliphatic heterocycles. The fraction of sp³-hybridized carbons (Fsp3) is 0.889. The summed E-state index contributed by atoms with van der Waals surface area (Å²) in [7, 11) is 0. The highest BCUT2D eigenvalue weighted by molar-refractivity contribution is 5.76. The Labute approximate surface area is 93.8 Å². The van der Waals surface area contributed by atoms with E-state index in [1.807, 2.05) is 0 Å². The number of ether oxygens (including phenoxy) is 1. The van der Waals surface area contributed by atoms with Gasteiger partial charge in [-0.1, -0.05) is 0 Å². The van der Waals surface area contributed by atoms with Crippen LogP contribution in [0.5, 0.6) is 0 Å². The Morgan fingerprint density at radius 1 is 1.38 bits per heavy atom. The van der Waals surface area contributed by atoms with Gasteiger partial charge in [-0.3, -0.25) is 20.0 Å². The van der Waals surface area contributed by atoms with Crippen LogP contribution in [0.15, 0.2) is 0 Å². The number of nitrogens with one attached hydrogen (secondary N) is 1. The van der Waals surface area contributed by atoms with E-state index in [0.717, 1.165) is 19.4 Å². The van der Waals surface area contributed by atoms with Gasteiger partial charge in [0.2, 0.25) is 0 Å². The monoisotopic (exact) mass is 234 g/mol. The second-order valence-electron chi connectivity index (χ2n) is 3.61. The van der Waals surface area contributed by atoms with E-state index in [2.05, 4.69) is 10.2 Å². The molecule has 1 atom stereocenters. The summed E-state index contributed by atoms with van der Waals surface area (Å²) in [5.74, 6) is -0.204. The topological polar surface area (TPSA) is 91.3 Å². The quantitative estimate of drug-likeness (QED) is 0.326. The number of carbonyl (C=O) groups is 1. The van der Waals surface area contributed by atoms with Crippen molar-refractivity contribution in [3.8, 4) is 0 Å². The standard InChI is InChI=1S/C9H18N2O5/c12-9(8-4-3-5-10-8)15-6-1-2-7-16-11(13)14/h8,10,13-14H,1-7H2/t8-/m0/s1. The first-order chi connectivity index (χ1) is 7.70. The fourth-order valence-corrected chi connectivity index (χ4v) is 1.51. The zero-order chi connectivity index (χ0) is 11.8. The van der Waals surface area contributed by atoms with Gasteiger partial charge in [0.25, 0.3) is 0 Å². The van der Waals surface area contributed by atoms with Crippen LogP contribution in [0.2, 0.25) is 0 Å². The number of carbonyl (C=O) groups excluding carboxylic acids is 1. The van der Waals surface area contributed by atoms with Crippen molar-refractivity contribution >= 4 is 5.97 Å². The predicted molar refractivity (Wildman–Crippen MR) is 52.6 cm³/mol. The van der Waals surface area contributed by atoms with E-state index in [1.54, 1.807) is 0 Å². The minimum absolute atomic E-state index is 0.151. The van der Waals surface area contributed by atoms with Crippen LogP contribution in [0.1, 0.15) is 25.7 Å². The lowest BCUT2D eigenvalue weighted by Gasteiger charge is -2.10. The highest BCUT2D eigenvalue weighted by Crippen LogP contribution is 2.06. The summed E-state index contributed by atoms with van der Waals surface area (Å²) in [5, 5.41) is 19.2. The molecule has 1 fully saturated rings. The molecule has 1 saturated heterocycles. The third-order valence-electron chi connectivity index (χ3n) is 2.33. The molecule has 0 aromatic rings. The molecule has 16 heavy (non-hydrogen) atoms. The third kappa shape index (κ3) is 5.38. The predicted octanol–water partition coefficient (Wildman–Crippen LogP) is 0.0738. The first kappa shape index (κ1) is 13.3. The summed E-state index contributed by atoms with van der Waals surface area (Å²) in [6.45, 7) is 1.37. The summed E-state index contributed by atoms with van der Waals surface area (Å²) >= 11 is 0. The Kier molecular flexibility index (Phi) is 6.27. The summed E-state index contributed by atoms with van der Waals surface area (Å²) < 4.78 is 5.04. The molecule has 0 unspecified atom stereocenters. The highest BCUT2D eigenvalue weighted by atomic mass is 17.1. The largest absolute Gasteiger partial charge is 0.465 e. The third-order valence-corrected chi connectivity index (χ3v) is 2.33. The van der Waals surface area contributed by atoms with Crippen LogP contribution in [0.3, 0.4) is 0 Å². The van der Waals surface area contributed by atoms with Crippen molar-refractivity contribution in [1.29, 1.82) is 0 Å². The van der Waals surface area contributed by atoms with Gasteiger partial charge in [-0.15, -0.1) is 0 Å². The molecule has 7 heteroatoms. The lowest BCUT2D eigenvalue weighted by molar-refractivity contribution is -0.492. The lowest BCUT2D eigenvalue weighted by atomic mass is 10.2. The van der Waals surface area contributed by atoms with E-state index in [1.165, 1.54) is 0 Å². The van der Waals surface area contributed by atoms with Gasteiger partial charge >= 0.3 is 5.97 Å². The maximum absolute atomic E-state index is 11.4. The number of nitrogens with zero attached hydrogens (tertiary/aromatic N) is 1. The molecule has 1 aliphatic rings. The zero-order valence-corrected chi connectivity index (χ0v) is 9.09. The van der Waals surface area contributed by atoms with Crippen LogP contribution >= 0.6 is 0 Å². The number of unbranched alkanes of at least 4 members (excludes halogenated alkanes) is 1. The van der Waals surface area contributed by atoms with E-state index in [0.29, 0.717) is 19.4 Å². The van der Waals surface area contributed by atoms with E-state index < -0.39 is 0 Å². The average Bonchev–Trinajstić information content (AvgIpc) is 2.75. The molecule has 3 N–H and O–H groups in total. The minimum Gasteiger partial charge on any atom is -0.465 e. The van der Waals surface area contributed by atoms with Crippen LogP contribution in [0, 0.1) is 0 Å². The molecule has 1 heterocycles. The molecule has 0 bridgehead atoms. The van der Waals surface area contributed by atoms with Crippen LogP contribution in [-0.4, -0.2) is 47.6 Å². The van der Waals surface area contributed by atoms with E-state index in [4.69, 9.17) is 15.2 Å². The number of hydrogen-bond acceptors (Lipinski definition) is 7. The molecule has 0 saturated carbocycles. The van der Waals surface area contributed by atoms with Crippen molar-refractivity contribution < 1.29 is 24.8 Å². The van der Waals surface area contributed by atoms with Crippen molar-refractivity contribution in [1.82, 2.24) is 10.7 Å². The Morgan fingerprint density at radius 3 is 2.75 bits per heavy atom. The molecule has 0 aromatic carbocycles. The fourth-order valence-electron chi connectivity index (χ4n) is 1.51. The summed E-state index contributed by atoms with van der Waals surface area (Å²) in [4.78, 5) is 15.7. The minimum atomic E-state index is -0.325. The Hall–Kier alpha value is -0.730. The van der Waals surface area contributed by atoms with E-state index in [-0.39, 0.29) is 24.0 Å². The van der Waals surface area contributed by atoms with Gasteiger partial charge in [0.05, 0.1) is 18.6 Å². The van der Waals surface area contributed by atoms with Gasteiger partial charge < -0.3 is 10.1 Å². The van der Waals surface area contributed by atoms with E-state index in [9.17, 15) is 4.79 Å². The highest BCUT2D eigenvalue weighted by Gasteiger charge is 2.22. The van der Waals surface area contributed by atoms with Gasteiger partial charge in [0, 0.05) is 0 Å². The number of rotatable bonds is 7. The van der Waals surface area contributed by atoms with Gasteiger partial charge in [-0.2, -0.15) is 0 Å². The van der Waals surface area contributed by atoms with Crippen molar-refractivity contribution in [3.05, 3.63) is 0 Å². The normalized spacial score (nSPS) is 20.3. The maximum Gasteiger partial charge on any atom is 0.323 e. The zero-order valence-electron chi connectivity index (χ0n) is 9.09. The number of esters is 1. The summed E-state index contributed by atoms with van der Waals surface area (Å²) in [5.41, 5.74) is 0. The van der Waals surface area contributed by atoms with Crippen LogP contribution in [0.4, 0.5) is 0 Å². The second-order valence-corrected chi connectivity index (χ2v) is 3.61. The van der Waals surface area contributed by atoms with Crippen LogP contribution in [-0.2, 0) is 14.4 Å². The Bertz CT molecular complexity index is 206. The molecule has 0 aliphatic carbocycles. The summed E-state index contributed by atoms with van der Waals surface area (Å²) in [6.07, 6.45) is 3.07. The molecule has 0 spiro atoms. The molecular weight excluding hydrogens is 216 g/mol. The first-order valence-corrected chi connectivity index (χ1v) is 5.41.